The lowest BCUT2D eigenvalue weighted by Crippen LogP contribution is -2.26. The van der Waals surface area contributed by atoms with Crippen molar-refractivity contribution in [1.82, 2.24) is 0 Å². The lowest BCUT2D eigenvalue weighted by atomic mass is 10.1. The number of aliphatic hydroxyl groups is 1. The van der Waals surface area contributed by atoms with E-state index in [1.807, 2.05) is 20.8 Å². The Kier molecular flexibility index (Phi) is 2.76. The molecule has 0 aliphatic carbocycles. The molecule has 0 saturated carbocycles. The summed E-state index contributed by atoms with van der Waals surface area (Å²) in [5, 5.41) is 9.72. The van der Waals surface area contributed by atoms with Crippen LogP contribution in [0.15, 0.2) is 17.6 Å². The van der Waals surface area contributed by atoms with Crippen LogP contribution in [0, 0.1) is 5.92 Å². The van der Waals surface area contributed by atoms with Crippen molar-refractivity contribution in [3.05, 3.63) is 12.7 Å². The highest BCUT2D eigenvalue weighted by Gasteiger charge is 2.31. The summed E-state index contributed by atoms with van der Waals surface area (Å²) in [7, 11) is 0. The summed E-state index contributed by atoms with van der Waals surface area (Å²) in [6, 6.07) is 0. The van der Waals surface area contributed by atoms with E-state index in [9.17, 15) is 5.11 Å². The van der Waals surface area contributed by atoms with Gasteiger partial charge in [0.25, 0.3) is 0 Å². The molecule has 1 heterocycles. The van der Waals surface area contributed by atoms with E-state index < -0.39 is 6.10 Å². The average Bonchev–Trinajstić information content (AvgIpc) is 2.43. The van der Waals surface area contributed by atoms with Crippen molar-refractivity contribution in [2.75, 3.05) is 6.61 Å². The zero-order valence-electron chi connectivity index (χ0n) is 8.45. The second kappa shape index (κ2) is 3.50. The molecule has 0 aromatic rings. The largest absolute Gasteiger partial charge is 0.477 e. The number of rotatable bonds is 3. The summed E-state index contributed by atoms with van der Waals surface area (Å²) in [6.45, 7) is 10.0. The lowest BCUT2D eigenvalue weighted by molar-refractivity contribution is 0.163. The Hall–Kier alpha value is -0.830. The van der Waals surface area contributed by atoms with Gasteiger partial charge in [-0.3, -0.25) is 0 Å². The van der Waals surface area contributed by atoms with Gasteiger partial charge < -0.3 is 9.84 Å². The molecule has 1 N–H and O–H groups in total. The zero-order valence-corrected chi connectivity index (χ0v) is 8.45. The van der Waals surface area contributed by atoms with E-state index >= 15 is 0 Å². The van der Waals surface area contributed by atoms with Gasteiger partial charge in [0, 0.05) is 5.92 Å². The molecule has 1 aliphatic heterocycles. The van der Waals surface area contributed by atoms with Crippen LogP contribution in [0.3, 0.4) is 0 Å². The van der Waals surface area contributed by atoms with E-state index in [0.29, 0.717) is 12.5 Å². The number of aliphatic hydroxyl groups excluding tert-OH is 1. The Morgan fingerprint density at radius 3 is 2.69 bits per heavy atom. The van der Waals surface area contributed by atoms with Crippen molar-refractivity contribution >= 4 is 5.90 Å². The normalized spacial score (nSPS) is 24.5. The minimum Gasteiger partial charge on any atom is -0.477 e. The molecule has 74 valence electrons. The molecule has 0 bridgehead atoms. The maximum absolute atomic E-state index is 9.72. The number of nitrogens with zero attached hydrogens (tertiary/aromatic N) is 1. The molecule has 13 heavy (non-hydrogen) atoms. The van der Waals surface area contributed by atoms with Crippen molar-refractivity contribution in [3.63, 3.8) is 0 Å². The zero-order chi connectivity index (χ0) is 10.1. The van der Waals surface area contributed by atoms with Gasteiger partial charge in [-0.1, -0.05) is 13.0 Å². The van der Waals surface area contributed by atoms with Crippen molar-refractivity contribution in [2.24, 2.45) is 10.9 Å². The number of aliphatic imine (C=N–C) groups is 1. The molecule has 0 fully saturated rings. The van der Waals surface area contributed by atoms with E-state index in [-0.39, 0.29) is 11.5 Å². The molecule has 0 aromatic carbocycles. The third-order valence-corrected chi connectivity index (χ3v) is 2.11. The summed E-state index contributed by atoms with van der Waals surface area (Å²) in [6.07, 6.45) is 1.04. The molecular formula is C10H17NO2. The quantitative estimate of drug-likeness (QED) is 0.671. The summed E-state index contributed by atoms with van der Waals surface area (Å²) in [4.78, 5) is 4.29. The first-order valence-corrected chi connectivity index (χ1v) is 4.49. The van der Waals surface area contributed by atoms with Gasteiger partial charge in [0.05, 0.1) is 5.54 Å². The molecule has 0 amide bonds. The highest BCUT2D eigenvalue weighted by Crippen LogP contribution is 2.20. The van der Waals surface area contributed by atoms with Crippen molar-refractivity contribution in [2.45, 2.75) is 32.4 Å². The molecule has 0 aromatic heterocycles. The Bertz CT molecular complexity index is 233. The molecule has 1 rings (SSSR count). The molecule has 0 radical (unpaired) electrons. The predicted molar refractivity (Wildman–Crippen MR) is 52.8 cm³/mol. The first-order valence-electron chi connectivity index (χ1n) is 4.49. The number of ether oxygens (including phenoxy) is 1. The van der Waals surface area contributed by atoms with Crippen LogP contribution in [-0.4, -0.2) is 29.3 Å². The van der Waals surface area contributed by atoms with Crippen molar-refractivity contribution in [3.8, 4) is 0 Å². The first kappa shape index (κ1) is 10.3. The van der Waals surface area contributed by atoms with Crippen LogP contribution in [0.2, 0.25) is 0 Å². The molecule has 3 heteroatoms. The van der Waals surface area contributed by atoms with Crippen molar-refractivity contribution in [1.29, 1.82) is 0 Å². The van der Waals surface area contributed by atoms with Crippen LogP contribution < -0.4 is 0 Å². The minimum absolute atomic E-state index is 0.0207. The molecule has 3 nitrogen and oxygen atoms in total. The van der Waals surface area contributed by atoms with Gasteiger partial charge in [0.15, 0.2) is 0 Å². The van der Waals surface area contributed by atoms with E-state index in [2.05, 4.69) is 11.6 Å². The highest BCUT2D eigenvalue weighted by molar-refractivity contribution is 5.83. The second-order valence-electron chi connectivity index (χ2n) is 4.09. The summed E-state index contributed by atoms with van der Waals surface area (Å²) < 4.78 is 5.31. The van der Waals surface area contributed by atoms with Crippen LogP contribution in [0.5, 0.6) is 0 Å². The molecule has 0 unspecified atom stereocenters. The van der Waals surface area contributed by atoms with Gasteiger partial charge in [0.1, 0.15) is 12.7 Å². The second-order valence-corrected chi connectivity index (χ2v) is 4.09. The summed E-state index contributed by atoms with van der Waals surface area (Å²) in [5.74, 6) is 0.421. The third kappa shape index (κ3) is 2.31. The number of hydrogen-bond donors (Lipinski definition) is 1. The maximum atomic E-state index is 9.72. The van der Waals surface area contributed by atoms with E-state index in [1.54, 1.807) is 6.08 Å². The van der Waals surface area contributed by atoms with Crippen LogP contribution in [0.25, 0.3) is 0 Å². The van der Waals surface area contributed by atoms with Gasteiger partial charge in [0.2, 0.25) is 5.90 Å². The van der Waals surface area contributed by atoms with E-state index in [0.717, 1.165) is 0 Å². The standard InChI is InChI=1S/C10H17NO2/c1-5-7(2)8(12)9-11-10(3,4)6-13-9/h5,7-8,12H,1,6H2,2-4H3/t7-,8+/m1/s1. The first-order chi connectivity index (χ1) is 5.96. The average molecular weight is 183 g/mol. The Balaban J connectivity index is 2.69. The van der Waals surface area contributed by atoms with Gasteiger partial charge in [-0.2, -0.15) is 0 Å². The Morgan fingerprint density at radius 1 is 1.69 bits per heavy atom. The fourth-order valence-electron chi connectivity index (χ4n) is 1.12. The fourth-order valence-corrected chi connectivity index (χ4v) is 1.12. The van der Waals surface area contributed by atoms with Crippen LogP contribution in [0.1, 0.15) is 20.8 Å². The van der Waals surface area contributed by atoms with Crippen LogP contribution in [-0.2, 0) is 4.74 Å². The lowest BCUT2D eigenvalue weighted by Gasteiger charge is -2.13. The van der Waals surface area contributed by atoms with Gasteiger partial charge in [-0.15, -0.1) is 6.58 Å². The van der Waals surface area contributed by atoms with Gasteiger partial charge >= 0.3 is 0 Å². The van der Waals surface area contributed by atoms with Crippen LogP contribution >= 0.6 is 0 Å². The monoisotopic (exact) mass is 183 g/mol. The maximum Gasteiger partial charge on any atom is 0.214 e. The summed E-state index contributed by atoms with van der Waals surface area (Å²) >= 11 is 0. The topological polar surface area (TPSA) is 41.8 Å². The van der Waals surface area contributed by atoms with Gasteiger partial charge in [-0.25, -0.2) is 4.99 Å². The molecule has 1 aliphatic rings. The molecule has 0 spiro atoms. The summed E-state index contributed by atoms with van der Waals surface area (Å²) in [5.41, 5.74) is -0.197. The smallest absolute Gasteiger partial charge is 0.214 e. The van der Waals surface area contributed by atoms with Gasteiger partial charge in [-0.05, 0) is 13.8 Å². The Morgan fingerprint density at radius 2 is 2.31 bits per heavy atom. The van der Waals surface area contributed by atoms with Crippen molar-refractivity contribution < 1.29 is 9.84 Å². The predicted octanol–water partition coefficient (Wildman–Crippen LogP) is 1.38. The fraction of sp³-hybridized carbons (Fsp3) is 0.700. The third-order valence-electron chi connectivity index (χ3n) is 2.11. The highest BCUT2D eigenvalue weighted by atomic mass is 16.5. The SMILES string of the molecule is C=C[C@@H](C)[C@H](O)C1=NC(C)(C)CO1. The molecule has 2 atom stereocenters. The van der Waals surface area contributed by atoms with E-state index in [4.69, 9.17) is 4.74 Å². The Labute approximate surface area is 79.1 Å². The van der Waals surface area contributed by atoms with Crippen LogP contribution in [0.4, 0.5) is 0 Å². The molecule has 0 saturated heterocycles. The molecular weight excluding hydrogens is 166 g/mol. The minimum atomic E-state index is -0.653. The van der Waals surface area contributed by atoms with E-state index in [1.165, 1.54) is 0 Å². The number of hydrogen-bond acceptors (Lipinski definition) is 3.